The van der Waals surface area contributed by atoms with Gasteiger partial charge in [-0.2, -0.15) is 0 Å². The van der Waals surface area contributed by atoms with Crippen LogP contribution in [0.4, 0.5) is 9.59 Å². The quantitative estimate of drug-likeness (QED) is 0.256. The van der Waals surface area contributed by atoms with Gasteiger partial charge in [0.1, 0.15) is 6.61 Å². The average Bonchev–Trinajstić information content (AvgIpc) is 3.46. The van der Waals surface area contributed by atoms with Crippen LogP contribution in [0.2, 0.25) is 0 Å². The fraction of sp³-hybridized carbons (Fsp3) is 0.444. The number of nitrogens with one attached hydrogen (secondary N) is 1. The number of amides is 3. The Hall–Kier alpha value is -3.86. The number of hydroxylamine groups is 1. The second-order valence-corrected chi connectivity index (χ2v) is 12.7. The van der Waals surface area contributed by atoms with Gasteiger partial charge in [-0.05, 0) is 49.9 Å². The summed E-state index contributed by atoms with van der Waals surface area (Å²) in [4.78, 5) is 40.1. The van der Waals surface area contributed by atoms with Crippen LogP contribution in [0.15, 0.2) is 36.5 Å². The van der Waals surface area contributed by atoms with Crippen molar-refractivity contribution in [3.8, 4) is 11.8 Å². The molecule has 3 N–H and O–H groups in total. The molecule has 0 spiro atoms. The van der Waals surface area contributed by atoms with Crippen molar-refractivity contribution in [1.29, 1.82) is 0 Å². The molecule has 214 valence electrons. The lowest BCUT2D eigenvalue weighted by Gasteiger charge is -2.28. The standard InChI is InChI=1S/C27H32N4O8S/c1-27(24(33)28-36,40(2,37)38)11-14-30-17-22-15-21(16-31(22)25(30)34)8-5-19-3-6-20(7-4-19)18-39-26(35)29-12-9-23(32)10-13-29/h3-4,6-7,15-16,23,32,36H,9-14,17-18H2,1-2H3,(H,28,33). The Balaban J connectivity index is 1.31. The summed E-state index contributed by atoms with van der Waals surface area (Å²) in [6, 6.07) is 8.67. The maximum atomic E-state index is 12.8. The molecule has 12 nitrogen and oxygen atoms in total. The number of carbonyl (C=O) groups is 3. The number of hydrogen-bond donors (Lipinski definition) is 3. The topological polar surface area (TPSA) is 158 Å². The van der Waals surface area contributed by atoms with Crippen LogP contribution in [0.5, 0.6) is 0 Å². The van der Waals surface area contributed by atoms with Crippen LogP contribution in [0.1, 0.15) is 48.6 Å². The number of likely N-dealkylation sites (tertiary alicyclic amines) is 1. The summed E-state index contributed by atoms with van der Waals surface area (Å²) in [6.07, 6.45) is 2.68. The van der Waals surface area contributed by atoms with Crippen molar-refractivity contribution in [2.24, 2.45) is 0 Å². The molecule has 1 aromatic heterocycles. The Bertz CT molecular complexity index is 1450. The number of benzene rings is 1. The van der Waals surface area contributed by atoms with Gasteiger partial charge in [0.2, 0.25) is 0 Å². The van der Waals surface area contributed by atoms with E-state index in [-0.39, 0.29) is 38.3 Å². The first-order valence-electron chi connectivity index (χ1n) is 12.8. The summed E-state index contributed by atoms with van der Waals surface area (Å²) >= 11 is 0. The van der Waals surface area contributed by atoms with Crippen LogP contribution in [0, 0.1) is 11.8 Å². The van der Waals surface area contributed by atoms with Gasteiger partial charge < -0.3 is 19.6 Å². The molecule has 13 heteroatoms. The fourth-order valence-corrected chi connectivity index (χ4v) is 5.36. The highest BCUT2D eigenvalue weighted by Crippen LogP contribution is 2.25. The van der Waals surface area contributed by atoms with Crippen LogP contribution < -0.4 is 5.48 Å². The number of sulfone groups is 1. The zero-order chi connectivity index (χ0) is 29.1. The molecule has 3 amide bonds. The zero-order valence-electron chi connectivity index (χ0n) is 22.3. The van der Waals surface area contributed by atoms with Crippen LogP contribution >= 0.6 is 0 Å². The molecule has 1 unspecified atom stereocenters. The molecule has 1 atom stereocenters. The number of aliphatic hydroxyl groups is 1. The second-order valence-electron chi connectivity index (χ2n) is 10.2. The van der Waals surface area contributed by atoms with Gasteiger partial charge in [-0.3, -0.25) is 14.6 Å². The van der Waals surface area contributed by atoms with Gasteiger partial charge >= 0.3 is 12.1 Å². The van der Waals surface area contributed by atoms with Crippen molar-refractivity contribution in [2.45, 2.75) is 50.2 Å². The first-order chi connectivity index (χ1) is 18.9. The molecule has 1 fully saturated rings. The van der Waals surface area contributed by atoms with Crippen molar-refractivity contribution >= 4 is 27.9 Å². The minimum Gasteiger partial charge on any atom is -0.445 e. The number of rotatable bonds is 7. The van der Waals surface area contributed by atoms with Crippen molar-refractivity contribution in [3.05, 3.63) is 58.9 Å². The first kappa shape index (κ1) is 29.1. The summed E-state index contributed by atoms with van der Waals surface area (Å²) in [5.41, 5.74) is 4.27. The van der Waals surface area contributed by atoms with E-state index in [1.807, 2.05) is 24.3 Å². The Morgan fingerprint density at radius 1 is 1.15 bits per heavy atom. The molecule has 3 heterocycles. The molecular weight excluding hydrogens is 540 g/mol. The number of aromatic nitrogens is 1. The molecule has 0 aliphatic carbocycles. The number of piperidine rings is 1. The Morgan fingerprint density at radius 2 is 1.80 bits per heavy atom. The van der Waals surface area contributed by atoms with Crippen molar-refractivity contribution in [3.63, 3.8) is 0 Å². The van der Waals surface area contributed by atoms with Crippen molar-refractivity contribution < 1.29 is 37.9 Å². The smallest absolute Gasteiger partial charge is 0.410 e. The minimum atomic E-state index is -3.86. The third kappa shape index (κ3) is 6.30. The molecule has 4 rings (SSSR count). The molecule has 1 aromatic carbocycles. The van der Waals surface area contributed by atoms with E-state index in [2.05, 4.69) is 11.8 Å². The molecule has 40 heavy (non-hydrogen) atoms. The summed E-state index contributed by atoms with van der Waals surface area (Å²) < 4.78 is 29.2. The highest BCUT2D eigenvalue weighted by molar-refractivity contribution is 7.92. The van der Waals surface area contributed by atoms with Crippen LogP contribution in [0.3, 0.4) is 0 Å². The Morgan fingerprint density at radius 3 is 2.40 bits per heavy atom. The number of nitrogens with zero attached hydrogens (tertiary/aromatic N) is 3. The van der Waals surface area contributed by atoms with E-state index in [1.54, 1.807) is 17.2 Å². The molecule has 1 saturated heterocycles. The van der Waals surface area contributed by atoms with Crippen LogP contribution in [-0.2, 0) is 32.5 Å². The highest BCUT2D eigenvalue weighted by atomic mass is 32.2. The number of hydrogen-bond acceptors (Lipinski definition) is 8. The van der Waals surface area contributed by atoms with Crippen LogP contribution in [0.25, 0.3) is 0 Å². The average molecular weight is 573 g/mol. The van der Waals surface area contributed by atoms with Gasteiger partial charge in [-0.15, -0.1) is 0 Å². The third-order valence-corrected chi connectivity index (χ3v) is 9.40. The van der Waals surface area contributed by atoms with E-state index in [9.17, 15) is 27.9 Å². The van der Waals surface area contributed by atoms with E-state index in [1.165, 1.54) is 21.9 Å². The minimum absolute atomic E-state index is 0.00132. The van der Waals surface area contributed by atoms with Gasteiger partial charge in [0, 0.05) is 48.9 Å². The maximum absolute atomic E-state index is 12.8. The van der Waals surface area contributed by atoms with Gasteiger partial charge in [0.05, 0.1) is 12.6 Å². The third-order valence-electron chi connectivity index (χ3n) is 7.38. The van der Waals surface area contributed by atoms with E-state index in [4.69, 9.17) is 9.94 Å². The lowest BCUT2D eigenvalue weighted by molar-refractivity contribution is -0.131. The highest BCUT2D eigenvalue weighted by Gasteiger charge is 2.44. The Kier molecular flexibility index (Phi) is 8.53. The predicted octanol–water partition coefficient (Wildman–Crippen LogP) is 1.46. The normalized spacial score (nSPS) is 17.1. The summed E-state index contributed by atoms with van der Waals surface area (Å²) in [6.45, 7) is 2.53. The van der Waals surface area contributed by atoms with Gasteiger partial charge in [0.15, 0.2) is 14.6 Å². The summed E-state index contributed by atoms with van der Waals surface area (Å²) in [5, 5.41) is 18.5. The molecule has 2 aliphatic rings. The summed E-state index contributed by atoms with van der Waals surface area (Å²) in [7, 11) is -3.86. The molecule has 0 radical (unpaired) electrons. The molecule has 2 aromatic rings. The molecule has 0 bridgehead atoms. The number of fused-ring (bicyclic) bond motifs is 1. The predicted molar refractivity (Wildman–Crippen MR) is 143 cm³/mol. The van der Waals surface area contributed by atoms with E-state index >= 15 is 0 Å². The van der Waals surface area contributed by atoms with E-state index in [0.717, 1.165) is 17.4 Å². The van der Waals surface area contributed by atoms with Gasteiger partial charge in [-0.1, -0.05) is 24.0 Å². The number of aliphatic hydroxyl groups excluding tert-OH is 1. The number of carbonyl (C=O) groups excluding carboxylic acids is 3. The van der Waals surface area contributed by atoms with Gasteiger partial charge in [0.25, 0.3) is 5.91 Å². The number of ether oxygens (including phenoxy) is 1. The molecule has 2 aliphatic heterocycles. The SMILES string of the molecule is CC(CCN1Cc2cc(C#Cc3ccc(COC(=O)N4CCC(O)CC4)cc3)cn2C1=O)(C(=O)NO)S(C)(=O)=O. The fourth-order valence-electron chi connectivity index (χ4n) is 4.51. The van der Waals surface area contributed by atoms with E-state index in [0.29, 0.717) is 37.2 Å². The first-order valence-corrected chi connectivity index (χ1v) is 14.7. The van der Waals surface area contributed by atoms with Gasteiger partial charge in [-0.25, -0.2) is 23.5 Å². The largest absolute Gasteiger partial charge is 0.445 e. The second kappa shape index (κ2) is 11.7. The zero-order valence-corrected chi connectivity index (χ0v) is 23.1. The van der Waals surface area contributed by atoms with E-state index < -0.39 is 26.6 Å². The lowest BCUT2D eigenvalue weighted by atomic mass is 10.1. The molecule has 0 saturated carbocycles. The van der Waals surface area contributed by atoms with Crippen molar-refractivity contribution in [2.75, 3.05) is 25.9 Å². The van der Waals surface area contributed by atoms with Crippen LogP contribution in [-0.4, -0.2) is 87.9 Å². The monoisotopic (exact) mass is 572 g/mol. The molecular formula is C27H32N4O8S. The summed E-state index contributed by atoms with van der Waals surface area (Å²) in [5.74, 6) is 5.02. The lowest BCUT2D eigenvalue weighted by Crippen LogP contribution is -2.50. The maximum Gasteiger partial charge on any atom is 0.410 e. The van der Waals surface area contributed by atoms with Crippen molar-refractivity contribution in [1.82, 2.24) is 19.8 Å². The Labute approximate surface area is 232 Å².